The van der Waals surface area contributed by atoms with Gasteiger partial charge in [-0.1, -0.05) is 37.4 Å². The Kier molecular flexibility index (Phi) is 7.14. The Morgan fingerprint density at radius 3 is 2.84 bits per heavy atom. The molecule has 0 aromatic carbocycles. The molecular weight excluding hydrogens is 328 g/mol. The molecule has 2 rings (SSSR count). The number of hydrogen-bond donors (Lipinski definition) is 2. The Morgan fingerprint density at radius 1 is 1.48 bits per heavy atom. The SMILES string of the molecule is C=CSc1c(NCC2CCCCN2C)nc(=C/C(=C)N)/c(=C\C)c1C. The van der Waals surface area contributed by atoms with Crippen LogP contribution < -0.4 is 21.6 Å². The summed E-state index contributed by atoms with van der Waals surface area (Å²) in [6, 6.07) is 0.548. The molecule has 136 valence electrons. The van der Waals surface area contributed by atoms with E-state index in [1.54, 1.807) is 11.8 Å². The standard InChI is InChI=1S/C20H30N4S/c1-6-17-15(4)19(25-7-2)20(23-18(17)12-14(3)21)22-13-16-10-8-9-11-24(16)5/h6-7,12,16H,2-3,8-11,13,21H2,1,4-5H3,(H,22,23)/b17-6-,18-12+. The first-order valence-electron chi connectivity index (χ1n) is 8.82. The molecule has 4 nitrogen and oxygen atoms in total. The molecule has 0 saturated carbocycles. The highest BCUT2D eigenvalue weighted by Gasteiger charge is 2.19. The molecule has 1 atom stereocenters. The molecule has 0 radical (unpaired) electrons. The third kappa shape index (κ3) is 4.89. The monoisotopic (exact) mass is 358 g/mol. The van der Waals surface area contributed by atoms with Crippen LogP contribution in [0.25, 0.3) is 12.2 Å². The summed E-state index contributed by atoms with van der Waals surface area (Å²) in [4.78, 5) is 8.41. The highest BCUT2D eigenvalue weighted by atomic mass is 32.2. The number of nitrogens with one attached hydrogen (secondary N) is 1. The molecule has 1 saturated heterocycles. The molecule has 1 aromatic rings. The highest BCUT2D eigenvalue weighted by Crippen LogP contribution is 2.27. The molecule has 2 heterocycles. The zero-order chi connectivity index (χ0) is 18.4. The number of aromatic nitrogens is 1. The second-order valence-electron chi connectivity index (χ2n) is 6.52. The maximum atomic E-state index is 5.80. The van der Waals surface area contributed by atoms with Crippen molar-refractivity contribution in [1.29, 1.82) is 0 Å². The Balaban J connectivity index is 2.42. The highest BCUT2D eigenvalue weighted by molar-refractivity contribution is 8.02. The van der Waals surface area contributed by atoms with Gasteiger partial charge in [0.2, 0.25) is 0 Å². The average Bonchev–Trinajstić information content (AvgIpc) is 2.57. The summed E-state index contributed by atoms with van der Waals surface area (Å²) in [5.41, 5.74) is 7.50. The van der Waals surface area contributed by atoms with Gasteiger partial charge in [-0.2, -0.15) is 0 Å². The minimum absolute atomic E-state index is 0.511. The minimum atomic E-state index is 0.511. The number of rotatable bonds is 6. The van der Waals surface area contributed by atoms with Gasteiger partial charge in [0.25, 0.3) is 0 Å². The Labute approximate surface area is 155 Å². The van der Waals surface area contributed by atoms with E-state index in [1.807, 2.05) is 18.4 Å². The summed E-state index contributed by atoms with van der Waals surface area (Å²) in [5.74, 6) is 0.902. The van der Waals surface area contributed by atoms with Gasteiger partial charge in [-0.15, -0.1) is 0 Å². The van der Waals surface area contributed by atoms with Crippen molar-refractivity contribution in [2.24, 2.45) is 5.73 Å². The quantitative estimate of drug-likeness (QED) is 0.766. The molecule has 3 N–H and O–H groups in total. The molecule has 1 aliphatic heterocycles. The Hall–Kier alpha value is -1.72. The summed E-state index contributed by atoms with van der Waals surface area (Å²) in [5, 5.41) is 7.39. The Bertz CT molecular complexity index is 754. The number of allylic oxidation sites excluding steroid dienone is 1. The lowest BCUT2D eigenvalue weighted by Crippen LogP contribution is -2.41. The van der Waals surface area contributed by atoms with E-state index >= 15 is 0 Å². The average molecular weight is 359 g/mol. The second-order valence-corrected chi connectivity index (χ2v) is 7.49. The molecule has 0 spiro atoms. The molecule has 0 amide bonds. The van der Waals surface area contributed by atoms with E-state index in [0.29, 0.717) is 11.7 Å². The number of nitrogens with two attached hydrogens (primary N) is 1. The van der Waals surface area contributed by atoms with Crippen LogP contribution >= 0.6 is 11.8 Å². The summed E-state index contributed by atoms with van der Waals surface area (Å²) in [6.45, 7) is 13.9. The number of nitrogens with zero attached hydrogens (tertiary/aromatic N) is 2. The normalized spacial score (nSPS) is 19.9. The lowest BCUT2D eigenvalue weighted by Gasteiger charge is -2.32. The van der Waals surface area contributed by atoms with E-state index < -0.39 is 0 Å². The molecule has 0 aliphatic carbocycles. The van der Waals surface area contributed by atoms with Crippen LogP contribution in [0.5, 0.6) is 0 Å². The van der Waals surface area contributed by atoms with Crippen molar-refractivity contribution in [1.82, 2.24) is 9.88 Å². The van der Waals surface area contributed by atoms with Gasteiger partial charge in [0.1, 0.15) is 5.82 Å². The summed E-state index contributed by atoms with van der Waals surface area (Å²) >= 11 is 1.61. The summed E-state index contributed by atoms with van der Waals surface area (Å²) in [7, 11) is 2.20. The van der Waals surface area contributed by atoms with Crippen molar-refractivity contribution < 1.29 is 0 Å². The maximum absolute atomic E-state index is 5.80. The van der Waals surface area contributed by atoms with Crippen LogP contribution in [0.1, 0.15) is 31.7 Å². The van der Waals surface area contributed by atoms with Crippen LogP contribution in [0, 0.1) is 6.92 Å². The lowest BCUT2D eigenvalue weighted by molar-refractivity contribution is 0.194. The van der Waals surface area contributed by atoms with Crippen LogP contribution in [0.3, 0.4) is 0 Å². The lowest BCUT2D eigenvalue weighted by atomic mass is 10.0. The molecular formula is C20H30N4S. The summed E-state index contributed by atoms with van der Waals surface area (Å²) < 4.78 is 0. The van der Waals surface area contributed by atoms with Crippen LogP contribution in [0.2, 0.25) is 0 Å². The van der Waals surface area contributed by atoms with Gasteiger partial charge in [-0.25, -0.2) is 4.98 Å². The predicted octanol–water partition coefficient (Wildman–Crippen LogP) is 2.58. The zero-order valence-corrected chi connectivity index (χ0v) is 16.5. The van der Waals surface area contributed by atoms with Crippen molar-refractivity contribution in [3.63, 3.8) is 0 Å². The van der Waals surface area contributed by atoms with E-state index in [4.69, 9.17) is 10.7 Å². The topological polar surface area (TPSA) is 54.2 Å². The third-order valence-corrected chi connectivity index (χ3v) is 5.61. The fourth-order valence-corrected chi connectivity index (χ4v) is 4.02. The Morgan fingerprint density at radius 2 is 2.24 bits per heavy atom. The van der Waals surface area contributed by atoms with E-state index in [1.165, 1.54) is 31.4 Å². The first kappa shape index (κ1) is 19.6. The van der Waals surface area contributed by atoms with Crippen molar-refractivity contribution in [2.75, 3.05) is 25.5 Å². The zero-order valence-electron chi connectivity index (χ0n) is 15.6. The smallest absolute Gasteiger partial charge is 0.141 e. The molecule has 5 heteroatoms. The van der Waals surface area contributed by atoms with Gasteiger partial charge in [0.05, 0.1) is 10.2 Å². The van der Waals surface area contributed by atoms with E-state index in [-0.39, 0.29) is 0 Å². The van der Waals surface area contributed by atoms with Gasteiger partial charge in [-0.3, -0.25) is 0 Å². The largest absolute Gasteiger partial charge is 0.399 e. The number of pyridine rings is 1. The number of hydrogen-bond acceptors (Lipinski definition) is 5. The van der Waals surface area contributed by atoms with Gasteiger partial charge in [0.15, 0.2) is 0 Å². The molecule has 25 heavy (non-hydrogen) atoms. The van der Waals surface area contributed by atoms with Crippen LogP contribution in [-0.2, 0) is 0 Å². The van der Waals surface area contributed by atoms with E-state index in [9.17, 15) is 0 Å². The minimum Gasteiger partial charge on any atom is -0.399 e. The maximum Gasteiger partial charge on any atom is 0.141 e. The van der Waals surface area contributed by atoms with Crippen LogP contribution in [-0.4, -0.2) is 36.1 Å². The van der Waals surface area contributed by atoms with Gasteiger partial charge in [0, 0.05) is 23.5 Å². The van der Waals surface area contributed by atoms with Gasteiger partial charge < -0.3 is 16.0 Å². The van der Waals surface area contributed by atoms with Crippen molar-refractivity contribution >= 4 is 29.7 Å². The van der Waals surface area contributed by atoms with Crippen molar-refractivity contribution in [3.05, 3.63) is 40.4 Å². The predicted molar refractivity (Wildman–Crippen MR) is 111 cm³/mol. The summed E-state index contributed by atoms with van der Waals surface area (Å²) in [6.07, 6.45) is 7.73. The molecule has 1 aromatic heterocycles. The number of likely N-dealkylation sites (tertiary alicyclic amines) is 1. The van der Waals surface area contributed by atoms with Crippen LogP contribution in [0.15, 0.2) is 29.2 Å². The van der Waals surface area contributed by atoms with Gasteiger partial charge >= 0.3 is 0 Å². The number of anilines is 1. The van der Waals surface area contributed by atoms with Crippen molar-refractivity contribution in [2.45, 2.75) is 44.0 Å². The fraction of sp³-hybridized carbons (Fsp3) is 0.450. The van der Waals surface area contributed by atoms with Crippen LogP contribution in [0.4, 0.5) is 5.82 Å². The molecule has 1 unspecified atom stereocenters. The van der Waals surface area contributed by atoms with E-state index in [2.05, 4.69) is 43.4 Å². The fourth-order valence-electron chi connectivity index (χ4n) is 3.34. The molecule has 0 bridgehead atoms. The first-order chi connectivity index (χ1) is 12.0. The molecule has 1 fully saturated rings. The molecule has 1 aliphatic rings. The van der Waals surface area contributed by atoms with Gasteiger partial charge in [-0.05, 0) is 57.3 Å². The number of likely N-dealkylation sites (N-methyl/N-ethyl adjacent to an activating group) is 1. The second kappa shape index (κ2) is 9.11. The number of piperidine rings is 1. The number of thioether (sulfide) groups is 1. The third-order valence-electron chi connectivity index (χ3n) is 4.71. The first-order valence-corrected chi connectivity index (χ1v) is 9.70. The van der Waals surface area contributed by atoms with E-state index in [0.717, 1.165) is 27.8 Å². The van der Waals surface area contributed by atoms with Crippen molar-refractivity contribution in [3.8, 4) is 0 Å².